The molecule has 0 saturated heterocycles. The SMILES string of the molecule is CC(C)(C)OC(=O)C1(C(=O)OC(C)(C)C)CCCCC#CC1(c1ccccc1)c1ccccc1. The maximum atomic E-state index is 14.3. The van der Waals surface area contributed by atoms with Gasteiger partial charge < -0.3 is 9.47 Å². The van der Waals surface area contributed by atoms with Crippen molar-refractivity contribution in [1.82, 2.24) is 0 Å². The van der Waals surface area contributed by atoms with Crippen LogP contribution < -0.4 is 0 Å². The molecule has 0 fully saturated rings. The molecule has 4 nitrogen and oxygen atoms in total. The summed E-state index contributed by atoms with van der Waals surface area (Å²) in [7, 11) is 0. The number of carbonyl (C=O) groups excluding carboxylic acids is 2. The van der Waals surface area contributed by atoms with Gasteiger partial charge in [0.25, 0.3) is 0 Å². The van der Waals surface area contributed by atoms with Crippen molar-refractivity contribution in [3.63, 3.8) is 0 Å². The van der Waals surface area contributed by atoms with Crippen LogP contribution in [0.2, 0.25) is 0 Å². The Hall–Kier alpha value is -3.06. The molecule has 2 aromatic carbocycles. The van der Waals surface area contributed by atoms with Crippen LogP contribution in [0.25, 0.3) is 0 Å². The number of hydrogen-bond acceptors (Lipinski definition) is 4. The third-order valence-corrected chi connectivity index (χ3v) is 5.93. The first kappa shape index (κ1) is 25.6. The predicted octanol–water partition coefficient (Wildman–Crippen LogP) is 6.22. The lowest BCUT2D eigenvalue weighted by atomic mass is 9.54. The lowest BCUT2D eigenvalue weighted by molar-refractivity contribution is -0.190. The van der Waals surface area contributed by atoms with Crippen LogP contribution in [-0.4, -0.2) is 23.1 Å². The zero-order chi connectivity index (χ0) is 25.0. The second-order valence-electron chi connectivity index (χ2n) is 10.9. The monoisotopic (exact) mass is 460 g/mol. The number of benzene rings is 2. The molecule has 34 heavy (non-hydrogen) atoms. The molecule has 1 aliphatic carbocycles. The number of ether oxygens (including phenoxy) is 2. The molecule has 2 aromatic rings. The Labute approximate surface area is 204 Å². The van der Waals surface area contributed by atoms with Gasteiger partial charge in [0.2, 0.25) is 0 Å². The molecule has 0 bridgehead atoms. The van der Waals surface area contributed by atoms with Crippen molar-refractivity contribution < 1.29 is 19.1 Å². The Bertz CT molecular complexity index is 993. The number of rotatable bonds is 4. The Kier molecular flexibility index (Phi) is 7.26. The normalized spacial score (nSPS) is 17.4. The second kappa shape index (κ2) is 9.66. The highest BCUT2D eigenvalue weighted by Crippen LogP contribution is 2.53. The molecule has 0 aromatic heterocycles. The zero-order valence-corrected chi connectivity index (χ0v) is 21.2. The van der Waals surface area contributed by atoms with Gasteiger partial charge in [-0.2, -0.15) is 0 Å². The second-order valence-corrected chi connectivity index (χ2v) is 10.9. The summed E-state index contributed by atoms with van der Waals surface area (Å²) in [4.78, 5) is 28.6. The van der Waals surface area contributed by atoms with Gasteiger partial charge in [-0.15, -0.1) is 5.92 Å². The summed E-state index contributed by atoms with van der Waals surface area (Å²) in [6.07, 6.45) is 2.41. The highest BCUT2D eigenvalue weighted by atomic mass is 16.6. The molecule has 0 aliphatic heterocycles. The number of hydrogen-bond donors (Lipinski definition) is 0. The topological polar surface area (TPSA) is 52.6 Å². The summed E-state index contributed by atoms with van der Waals surface area (Å²) in [5.41, 5.74) is -3.01. The summed E-state index contributed by atoms with van der Waals surface area (Å²) >= 11 is 0. The Morgan fingerprint density at radius 2 is 1.18 bits per heavy atom. The van der Waals surface area contributed by atoms with Crippen LogP contribution in [0.5, 0.6) is 0 Å². The van der Waals surface area contributed by atoms with Crippen LogP contribution in [-0.2, 0) is 24.5 Å². The maximum Gasteiger partial charge on any atom is 0.326 e. The zero-order valence-electron chi connectivity index (χ0n) is 21.2. The molecule has 1 aliphatic rings. The fourth-order valence-corrected chi connectivity index (χ4v) is 4.60. The molecule has 0 atom stereocenters. The van der Waals surface area contributed by atoms with E-state index >= 15 is 0 Å². The smallest absolute Gasteiger partial charge is 0.326 e. The van der Waals surface area contributed by atoms with E-state index in [2.05, 4.69) is 11.8 Å². The Morgan fingerprint density at radius 1 is 0.735 bits per heavy atom. The highest BCUT2D eigenvalue weighted by molar-refractivity contribution is 6.04. The summed E-state index contributed by atoms with van der Waals surface area (Å²) in [5, 5.41) is 0. The van der Waals surface area contributed by atoms with Crippen LogP contribution in [0, 0.1) is 17.3 Å². The molecule has 0 amide bonds. The van der Waals surface area contributed by atoms with Crippen molar-refractivity contribution in [2.24, 2.45) is 5.41 Å². The van der Waals surface area contributed by atoms with E-state index in [0.29, 0.717) is 12.8 Å². The van der Waals surface area contributed by atoms with Gasteiger partial charge in [0.1, 0.15) is 16.6 Å². The molecular formula is C30H36O4. The van der Waals surface area contributed by atoms with Gasteiger partial charge in [-0.25, -0.2) is 0 Å². The molecule has 0 saturated carbocycles. The number of esters is 2. The van der Waals surface area contributed by atoms with E-state index in [9.17, 15) is 9.59 Å². The first-order chi connectivity index (χ1) is 15.9. The van der Waals surface area contributed by atoms with E-state index < -0.39 is 34.0 Å². The Balaban J connectivity index is 2.47. The fraction of sp³-hybridized carbons (Fsp3) is 0.467. The third-order valence-electron chi connectivity index (χ3n) is 5.93. The van der Waals surface area contributed by atoms with Crippen molar-refractivity contribution in [2.75, 3.05) is 0 Å². The van der Waals surface area contributed by atoms with Gasteiger partial charge in [-0.1, -0.05) is 73.0 Å². The fourth-order valence-electron chi connectivity index (χ4n) is 4.60. The molecular weight excluding hydrogens is 424 g/mol. The molecule has 0 N–H and O–H groups in total. The van der Waals surface area contributed by atoms with E-state index in [1.54, 1.807) is 0 Å². The molecule has 4 heteroatoms. The summed E-state index contributed by atoms with van der Waals surface area (Å²) in [5.74, 6) is 5.54. The van der Waals surface area contributed by atoms with Crippen molar-refractivity contribution in [3.05, 3.63) is 71.8 Å². The van der Waals surface area contributed by atoms with E-state index in [1.807, 2.05) is 102 Å². The van der Waals surface area contributed by atoms with E-state index in [1.165, 1.54) is 0 Å². The summed E-state index contributed by atoms with van der Waals surface area (Å²) in [6.45, 7) is 10.9. The van der Waals surface area contributed by atoms with Gasteiger partial charge in [0.05, 0.1) is 0 Å². The van der Waals surface area contributed by atoms with Crippen molar-refractivity contribution in [2.45, 2.75) is 83.8 Å². The summed E-state index contributed by atoms with van der Waals surface area (Å²) < 4.78 is 12.0. The maximum absolute atomic E-state index is 14.3. The number of carbonyl (C=O) groups is 2. The van der Waals surface area contributed by atoms with Gasteiger partial charge in [0.15, 0.2) is 5.41 Å². The van der Waals surface area contributed by atoms with Crippen LogP contribution in [0.4, 0.5) is 0 Å². The standard InChI is InChI=1S/C30H36O4/c1-27(2,3)33-25(31)30(26(32)34-28(4,5)6)22-16-8-7-15-21-29(30,23-17-11-9-12-18-23)24-19-13-10-14-20-24/h9-14,17-20H,7-8,16,22H2,1-6H3. The molecule has 0 heterocycles. The first-order valence-electron chi connectivity index (χ1n) is 12.0. The molecule has 0 radical (unpaired) electrons. The molecule has 0 spiro atoms. The Morgan fingerprint density at radius 3 is 1.59 bits per heavy atom. The minimum absolute atomic E-state index is 0.273. The largest absolute Gasteiger partial charge is 0.459 e. The minimum Gasteiger partial charge on any atom is -0.459 e. The van der Waals surface area contributed by atoms with Crippen LogP contribution >= 0.6 is 0 Å². The van der Waals surface area contributed by atoms with Gasteiger partial charge >= 0.3 is 11.9 Å². The van der Waals surface area contributed by atoms with E-state index in [0.717, 1.165) is 17.5 Å². The van der Waals surface area contributed by atoms with Crippen LogP contribution in [0.15, 0.2) is 60.7 Å². The lowest BCUT2D eigenvalue weighted by Gasteiger charge is -2.47. The minimum atomic E-state index is -1.69. The molecule has 180 valence electrons. The van der Waals surface area contributed by atoms with Crippen LogP contribution in [0.3, 0.4) is 0 Å². The third kappa shape index (κ3) is 5.04. The van der Waals surface area contributed by atoms with Crippen molar-refractivity contribution in [1.29, 1.82) is 0 Å². The van der Waals surface area contributed by atoms with Gasteiger partial charge in [-0.05, 0) is 65.5 Å². The van der Waals surface area contributed by atoms with Gasteiger partial charge in [0, 0.05) is 6.42 Å². The molecule has 3 rings (SSSR count). The van der Waals surface area contributed by atoms with Crippen molar-refractivity contribution in [3.8, 4) is 11.8 Å². The quantitative estimate of drug-likeness (QED) is 0.309. The summed E-state index contributed by atoms with van der Waals surface area (Å²) in [6, 6.07) is 19.2. The average Bonchev–Trinajstić information content (AvgIpc) is 2.73. The molecule has 0 unspecified atom stereocenters. The first-order valence-corrected chi connectivity index (χ1v) is 12.0. The van der Waals surface area contributed by atoms with Crippen molar-refractivity contribution >= 4 is 11.9 Å². The van der Waals surface area contributed by atoms with Crippen LogP contribution in [0.1, 0.15) is 78.4 Å². The van der Waals surface area contributed by atoms with Gasteiger partial charge in [-0.3, -0.25) is 9.59 Å². The average molecular weight is 461 g/mol. The highest BCUT2D eigenvalue weighted by Gasteiger charge is 2.65. The lowest BCUT2D eigenvalue weighted by Crippen LogP contribution is -2.59. The predicted molar refractivity (Wildman–Crippen MR) is 134 cm³/mol. The van der Waals surface area contributed by atoms with E-state index in [-0.39, 0.29) is 6.42 Å². The van der Waals surface area contributed by atoms with E-state index in [4.69, 9.17) is 9.47 Å².